The number of hydrogen-bond acceptors (Lipinski definition) is 15. The van der Waals surface area contributed by atoms with E-state index >= 15 is 0 Å². The van der Waals surface area contributed by atoms with E-state index in [1.54, 1.807) is 121 Å². The molecule has 19 rings (SSSR count). The minimum absolute atomic E-state index is 0.0654. The van der Waals surface area contributed by atoms with Crippen molar-refractivity contribution in [2.75, 3.05) is 26.1 Å². The molecular weight excluding hydrogens is 2150 g/mol. The third kappa shape index (κ3) is 22.0. The Kier molecular flexibility index (Phi) is 33.0. The van der Waals surface area contributed by atoms with E-state index in [0.717, 1.165) is 40.0 Å². The summed E-state index contributed by atoms with van der Waals surface area (Å²) in [5, 5.41) is 65.9. The number of carbonyl (C=O) groups is 6. The monoisotopic (exact) mass is 2220 g/mol. The largest absolute Gasteiger partial charge is 0.497 e. The number of anilines is 1. The van der Waals surface area contributed by atoms with E-state index in [-0.39, 0.29) is 142 Å². The molecule has 6 heterocycles. The number of rotatable bonds is 17. The van der Waals surface area contributed by atoms with Crippen LogP contribution < -0.4 is 47.4 Å². The summed E-state index contributed by atoms with van der Waals surface area (Å²) in [5.41, 5.74) is 8.55. The van der Waals surface area contributed by atoms with E-state index in [4.69, 9.17) is 149 Å². The molecule has 0 atom stereocenters. The molecule has 40 heteroatoms. The van der Waals surface area contributed by atoms with Gasteiger partial charge in [0.1, 0.15) is 61.6 Å². The Morgan fingerprint density at radius 1 is 0.306 bits per heavy atom. The molecule has 0 saturated carbocycles. The summed E-state index contributed by atoms with van der Waals surface area (Å²) in [6, 6.07) is 53.2. The number of pyridine rings is 6. The van der Waals surface area contributed by atoms with E-state index in [9.17, 15) is 92.6 Å². The lowest BCUT2D eigenvalue weighted by molar-refractivity contribution is -0.138. The van der Waals surface area contributed by atoms with Crippen molar-refractivity contribution in [1.29, 1.82) is 0 Å². The summed E-state index contributed by atoms with van der Waals surface area (Å²) < 4.78 is 33.2. The predicted molar refractivity (Wildman–Crippen MR) is 586 cm³/mol. The van der Waals surface area contributed by atoms with Crippen LogP contribution >= 0.6 is 139 Å². The molecule has 0 unspecified atom stereocenters. The first-order chi connectivity index (χ1) is 69.5. The van der Waals surface area contributed by atoms with Gasteiger partial charge < -0.3 is 72.8 Å². The summed E-state index contributed by atoms with van der Waals surface area (Å²) in [7, 11) is 2.95. The van der Waals surface area contributed by atoms with Crippen LogP contribution in [0.3, 0.4) is 0 Å². The second kappa shape index (κ2) is 44.5. The molecule has 0 aliphatic heterocycles. The normalized spacial score (nSPS) is 11.3. The van der Waals surface area contributed by atoms with Gasteiger partial charge in [-0.2, -0.15) is 0 Å². The molecule has 0 fully saturated rings. The van der Waals surface area contributed by atoms with Gasteiger partial charge in [0.25, 0.3) is 0 Å². The van der Waals surface area contributed by atoms with Crippen LogP contribution in [0.4, 0.5) is 10.1 Å². The van der Waals surface area contributed by atoms with Crippen LogP contribution in [0.5, 0.6) is 11.5 Å². The van der Waals surface area contributed by atoms with E-state index in [1.165, 1.54) is 80.4 Å². The van der Waals surface area contributed by atoms with Gasteiger partial charge in [-0.15, -0.1) is 0 Å². The average molecular weight is 2230 g/mol. The standard InChI is InChI=1S/C21H13Cl2NO3.C20H20Cl2N2O3.C17H13Cl2NO3.C17H14ClNO5.C16H10Cl3NO3.C16H10Cl2FNO3/c22-16-8-7-14-20(19(16)23)24(11-18(25)26)17-9-6-13(10-15(17)21(14)27)12-4-2-1-3-5-12;1-20(2,3)10-23-11-4-5-12-15(8-11)24(9-16(25)26)18-13(19(12)27)6-7-14(21)17(18)22;1-8-3-4-10-15(9(8)2)20(7-13(21)22)16-11(17(10)23)5-6-12(18)14(16)19;1-23-9-3-4-10-12(7-9)19(8-14(20)21)16-11(17(10)22)5-6-13(24-2)15(16)18;1-7-4-12-9(5-11(7)18)16(23)8-2-3-10(17)14(19)15(8)20(12)6-13(21)22;1-7-10(19)4-5-11-13(7)16(23)8-2-3-9(17)14(18)15(8)20(11)6-12(21)22/h1-10H,11H2,(H,25,26);4-8,23H,9-10H2,1-3H3,(H,25,26);3-6H,7H2,1-2H3,(H,21,22);3-7H,8H2,1-2H3,(H,20,21);2*2-5H,6H2,1H3,(H,21,22). The fourth-order valence-electron chi connectivity index (χ4n) is 17.3. The first kappa shape index (κ1) is 109. The molecule has 19 aromatic rings. The van der Waals surface area contributed by atoms with Crippen LogP contribution in [0.15, 0.2) is 223 Å². The van der Waals surface area contributed by atoms with Gasteiger partial charge in [-0.25, -0.2) is 4.39 Å². The molecule has 0 radical (unpaired) electrons. The Balaban J connectivity index is 0.000000140. The van der Waals surface area contributed by atoms with Gasteiger partial charge >= 0.3 is 35.8 Å². The summed E-state index contributed by atoms with van der Waals surface area (Å²) >= 11 is 74.3. The molecule has 0 spiro atoms. The molecule has 7 N–H and O–H groups in total. The highest BCUT2D eigenvalue weighted by Crippen LogP contribution is 2.42. The van der Waals surface area contributed by atoms with Crippen molar-refractivity contribution in [2.24, 2.45) is 5.41 Å². The summed E-state index contributed by atoms with van der Waals surface area (Å²) in [6.45, 7) is 12.0. The minimum atomic E-state index is -1.12. The van der Waals surface area contributed by atoms with Crippen molar-refractivity contribution in [1.82, 2.24) is 27.4 Å². The van der Waals surface area contributed by atoms with Crippen molar-refractivity contribution in [3.8, 4) is 22.6 Å². The molecule has 13 aromatic carbocycles. The Bertz CT molecular complexity index is 9090. The first-order valence-corrected chi connectivity index (χ1v) is 48.5. The molecule has 6 aromatic heterocycles. The van der Waals surface area contributed by atoms with Gasteiger partial charge in [0, 0.05) is 82.6 Å². The fraction of sp³-hybridized carbons (Fsp3) is 0.159. The number of hydrogen-bond donors (Lipinski definition) is 7. The number of benzene rings is 13. The fourth-order valence-corrected chi connectivity index (χ4v) is 19.9. The minimum Gasteiger partial charge on any atom is -0.497 e. The highest BCUT2D eigenvalue weighted by molar-refractivity contribution is 6.48. The topological polar surface area (TPSA) is 386 Å². The molecule has 0 bridgehead atoms. The molecule has 0 amide bonds. The molecule has 147 heavy (non-hydrogen) atoms. The Morgan fingerprint density at radius 3 is 1.09 bits per heavy atom. The van der Waals surface area contributed by atoms with Gasteiger partial charge in [-0.3, -0.25) is 57.5 Å². The summed E-state index contributed by atoms with van der Waals surface area (Å²) in [5.74, 6) is -5.97. The molecule has 0 saturated heterocycles. The first-order valence-electron chi connectivity index (χ1n) is 43.9. The zero-order valence-electron chi connectivity index (χ0n) is 78.4. The zero-order valence-corrected chi connectivity index (χ0v) is 87.5. The van der Waals surface area contributed by atoms with Crippen molar-refractivity contribution in [3.63, 3.8) is 0 Å². The highest BCUT2D eigenvalue weighted by atomic mass is 35.5. The number of nitrogens with zero attached hydrogens (tertiary/aromatic N) is 6. The lowest BCUT2D eigenvalue weighted by Gasteiger charge is -2.20. The van der Waals surface area contributed by atoms with Gasteiger partial charge in [0.05, 0.1) is 136 Å². The molecule has 754 valence electrons. The van der Waals surface area contributed by atoms with Gasteiger partial charge in [0.2, 0.25) is 0 Å². The predicted octanol–water partition coefficient (Wildman–Crippen LogP) is 25.8. The lowest BCUT2D eigenvalue weighted by Crippen LogP contribution is -2.20. The van der Waals surface area contributed by atoms with Crippen LogP contribution in [0.1, 0.15) is 43.0 Å². The number of nitrogens with one attached hydrogen (secondary N) is 1. The quantitative estimate of drug-likeness (QED) is 0.0416. The third-order valence-corrected chi connectivity index (χ3v) is 28.9. The van der Waals surface area contributed by atoms with Crippen molar-refractivity contribution < 1.29 is 73.3 Å². The summed E-state index contributed by atoms with van der Waals surface area (Å²) in [4.78, 5) is 145. The van der Waals surface area contributed by atoms with Crippen LogP contribution in [-0.4, -0.2) is 115 Å². The number of halogens is 13. The number of methoxy groups -OCH3 is 2. The van der Waals surface area contributed by atoms with Crippen LogP contribution in [0, 0.1) is 38.9 Å². The Morgan fingerprint density at radius 2 is 0.653 bits per heavy atom. The number of aliphatic carboxylic acids is 6. The second-order valence-corrected chi connectivity index (χ2v) is 39.5. The smallest absolute Gasteiger partial charge is 0.323 e. The third-order valence-electron chi connectivity index (χ3n) is 24.2. The van der Waals surface area contributed by atoms with E-state index in [1.807, 2.05) is 62.4 Å². The Labute approximate surface area is 890 Å². The number of carboxylic acids is 6. The van der Waals surface area contributed by atoms with E-state index < -0.39 is 53.6 Å². The van der Waals surface area contributed by atoms with Crippen molar-refractivity contribution >= 4 is 312 Å². The van der Waals surface area contributed by atoms with Crippen LogP contribution in [0.2, 0.25) is 60.3 Å². The van der Waals surface area contributed by atoms with Crippen LogP contribution in [0.25, 0.3) is 142 Å². The zero-order chi connectivity index (χ0) is 107. The van der Waals surface area contributed by atoms with E-state index in [2.05, 4.69) is 26.1 Å². The number of ether oxygens (including phenoxy) is 2. The number of fused-ring (bicyclic) bond motifs is 12. The van der Waals surface area contributed by atoms with Crippen molar-refractivity contribution in [2.45, 2.75) is 87.7 Å². The second-order valence-electron chi connectivity index (χ2n) is 34.8. The molecular formula is C107H80Cl12FN7O20. The summed E-state index contributed by atoms with van der Waals surface area (Å²) in [6.07, 6.45) is 0. The maximum absolute atomic E-state index is 13.9. The average Bonchev–Trinajstić information content (AvgIpc) is 0.734. The Hall–Kier alpha value is -13.7. The van der Waals surface area contributed by atoms with Crippen molar-refractivity contribution in [3.05, 3.63) is 344 Å². The SMILES string of the molecule is CC(C)(C)CNc1ccc2c(=O)c3ccc(Cl)c(Cl)c3n(CC(=O)O)c2c1.COc1ccc2c(=O)c3ccc(OC)c(Cl)c3n(CC(=O)O)c2c1.Cc1c(F)ccc2c1c(=O)c1ccc(Cl)c(Cl)c1n2CC(=O)O.Cc1cc2c(cc1Cl)c(=O)c1ccc(Cl)c(Cl)c1n2CC(=O)O.Cc1ccc2c(=O)c3ccc(Cl)c(Cl)c3n(CC(=O)O)c2c1C.O=C(O)Cn1c2ccc(-c3ccccc3)cc2c(=O)c2ccc(Cl)c(Cl)c21. The van der Waals surface area contributed by atoms with Gasteiger partial charge in [0.15, 0.2) is 32.6 Å². The molecule has 27 nitrogen and oxygen atoms in total. The number of aromatic nitrogens is 6. The highest BCUT2D eigenvalue weighted by Gasteiger charge is 2.28. The molecule has 0 aliphatic carbocycles. The number of aryl methyl sites for hydroxylation is 4. The van der Waals surface area contributed by atoms with E-state index in [0.29, 0.717) is 131 Å². The number of carboxylic acid groups (broad SMARTS) is 6. The maximum atomic E-state index is 13.9. The molecule has 0 aliphatic rings. The maximum Gasteiger partial charge on any atom is 0.323 e. The lowest BCUT2D eigenvalue weighted by atomic mass is 9.97. The van der Waals surface area contributed by atoms with Gasteiger partial charge in [-0.05, 0) is 212 Å². The van der Waals surface area contributed by atoms with Crippen LogP contribution in [-0.2, 0) is 68.0 Å². The van der Waals surface area contributed by atoms with Gasteiger partial charge in [-0.1, -0.05) is 202 Å².